The fourth-order valence-corrected chi connectivity index (χ4v) is 1.32. The van der Waals surface area contributed by atoms with Gasteiger partial charge in [0.1, 0.15) is 6.04 Å². The Morgan fingerprint density at radius 1 is 1.23 bits per heavy atom. The molecular formula is C9H9N3O. The van der Waals surface area contributed by atoms with Crippen molar-refractivity contribution in [2.24, 2.45) is 0 Å². The van der Waals surface area contributed by atoms with Crippen molar-refractivity contribution >= 4 is 11.9 Å². The van der Waals surface area contributed by atoms with E-state index in [1.165, 1.54) is 0 Å². The molecule has 4 heteroatoms. The number of hydrogen-bond acceptors (Lipinski definition) is 2. The molecule has 13 heavy (non-hydrogen) atoms. The van der Waals surface area contributed by atoms with Crippen molar-refractivity contribution in [2.75, 3.05) is 0 Å². The molecule has 1 saturated heterocycles. The first-order valence-corrected chi connectivity index (χ1v) is 3.98. The second-order valence-electron chi connectivity index (χ2n) is 2.85. The summed E-state index contributed by atoms with van der Waals surface area (Å²) in [7, 11) is 0. The molecule has 1 aromatic carbocycles. The Hall–Kier alpha value is -1.84. The van der Waals surface area contributed by atoms with Crippen molar-refractivity contribution < 1.29 is 4.79 Å². The monoisotopic (exact) mass is 175 g/mol. The molecule has 0 radical (unpaired) electrons. The second-order valence-corrected chi connectivity index (χ2v) is 2.85. The Morgan fingerprint density at radius 2 is 1.92 bits per heavy atom. The predicted octanol–water partition coefficient (Wildman–Crippen LogP) is 0.382. The van der Waals surface area contributed by atoms with Gasteiger partial charge in [-0.05, 0) is 5.56 Å². The highest BCUT2D eigenvalue weighted by molar-refractivity contribution is 6.05. The van der Waals surface area contributed by atoms with Crippen molar-refractivity contribution in [3.8, 4) is 0 Å². The number of guanidine groups is 1. The maximum absolute atomic E-state index is 11.3. The quantitative estimate of drug-likeness (QED) is 0.577. The molecule has 2 rings (SSSR count). The molecule has 0 aromatic heterocycles. The highest BCUT2D eigenvalue weighted by atomic mass is 16.2. The Balaban J connectivity index is 2.28. The average molecular weight is 175 g/mol. The van der Waals surface area contributed by atoms with Gasteiger partial charge in [0.15, 0.2) is 5.96 Å². The molecule has 0 spiro atoms. The maximum Gasteiger partial charge on any atom is 0.253 e. The minimum absolute atomic E-state index is 0.0684. The summed E-state index contributed by atoms with van der Waals surface area (Å²) >= 11 is 0. The average Bonchev–Trinajstić information content (AvgIpc) is 2.47. The number of carbonyl (C=O) groups excluding carboxylic acids is 1. The maximum atomic E-state index is 11.3. The van der Waals surface area contributed by atoms with Crippen molar-refractivity contribution in [1.82, 2.24) is 10.6 Å². The zero-order valence-corrected chi connectivity index (χ0v) is 6.87. The van der Waals surface area contributed by atoms with Crippen LogP contribution in [0, 0.1) is 5.41 Å². The van der Waals surface area contributed by atoms with E-state index in [0.29, 0.717) is 0 Å². The first kappa shape index (κ1) is 7.79. The van der Waals surface area contributed by atoms with Crippen LogP contribution < -0.4 is 10.6 Å². The molecule has 0 bridgehead atoms. The van der Waals surface area contributed by atoms with Gasteiger partial charge in [-0.2, -0.15) is 0 Å². The van der Waals surface area contributed by atoms with E-state index in [1.807, 2.05) is 30.3 Å². The van der Waals surface area contributed by atoms with Crippen LogP contribution in [0.5, 0.6) is 0 Å². The summed E-state index contributed by atoms with van der Waals surface area (Å²) in [5.41, 5.74) is 0.877. The van der Waals surface area contributed by atoms with E-state index < -0.39 is 6.04 Å². The number of benzene rings is 1. The van der Waals surface area contributed by atoms with E-state index in [1.54, 1.807) is 0 Å². The standard InChI is InChI=1S/C9H9N3O/c10-9-11-7(8(13)12-9)6-4-2-1-3-5-6/h1-5,7H,(H3,10,11,12,13). The van der Waals surface area contributed by atoms with Crippen molar-refractivity contribution in [2.45, 2.75) is 6.04 Å². The van der Waals surface area contributed by atoms with Gasteiger partial charge in [-0.15, -0.1) is 0 Å². The van der Waals surface area contributed by atoms with E-state index in [0.717, 1.165) is 5.56 Å². The zero-order valence-electron chi connectivity index (χ0n) is 6.87. The van der Waals surface area contributed by atoms with E-state index in [4.69, 9.17) is 5.41 Å². The summed E-state index contributed by atoms with van der Waals surface area (Å²) in [4.78, 5) is 11.3. The number of carbonyl (C=O) groups is 1. The van der Waals surface area contributed by atoms with Gasteiger partial charge in [0, 0.05) is 0 Å². The third-order valence-corrected chi connectivity index (χ3v) is 1.93. The topological polar surface area (TPSA) is 65.0 Å². The minimum atomic E-state index is -0.409. The highest BCUT2D eigenvalue weighted by Gasteiger charge is 2.28. The number of nitrogens with one attached hydrogen (secondary N) is 3. The van der Waals surface area contributed by atoms with Crippen molar-refractivity contribution in [3.05, 3.63) is 35.9 Å². The number of rotatable bonds is 1. The Morgan fingerprint density at radius 3 is 2.46 bits per heavy atom. The lowest BCUT2D eigenvalue weighted by Crippen LogP contribution is -2.23. The van der Waals surface area contributed by atoms with Gasteiger partial charge in [-0.25, -0.2) is 0 Å². The van der Waals surface area contributed by atoms with Crippen LogP contribution in [-0.4, -0.2) is 11.9 Å². The summed E-state index contributed by atoms with van der Waals surface area (Å²) in [5, 5.41) is 12.4. The number of hydrogen-bond donors (Lipinski definition) is 3. The smallest absolute Gasteiger partial charge is 0.253 e. The van der Waals surface area contributed by atoms with Crippen molar-refractivity contribution in [1.29, 1.82) is 5.41 Å². The normalized spacial score (nSPS) is 21.1. The fourth-order valence-electron chi connectivity index (χ4n) is 1.32. The molecule has 3 N–H and O–H groups in total. The van der Waals surface area contributed by atoms with Crippen LogP contribution >= 0.6 is 0 Å². The lowest BCUT2D eigenvalue weighted by molar-refractivity contribution is -0.120. The third-order valence-electron chi connectivity index (χ3n) is 1.93. The third kappa shape index (κ3) is 1.38. The molecule has 1 aliphatic rings. The zero-order chi connectivity index (χ0) is 9.26. The van der Waals surface area contributed by atoms with Gasteiger partial charge in [-0.3, -0.25) is 15.5 Å². The van der Waals surface area contributed by atoms with Gasteiger partial charge in [0.25, 0.3) is 5.91 Å². The fraction of sp³-hybridized carbons (Fsp3) is 0.111. The van der Waals surface area contributed by atoms with E-state index in [-0.39, 0.29) is 11.9 Å². The summed E-state index contributed by atoms with van der Waals surface area (Å²) in [5.74, 6) is -0.102. The molecule has 1 fully saturated rings. The first-order valence-electron chi connectivity index (χ1n) is 3.98. The summed E-state index contributed by atoms with van der Waals surface area (Å²) in [6, 6.07) is 8.93. The molecule has 4 nitrogen and oxygen atoms in total. The lowest BCUT2D eigenvalue weighted by atomic mass is 10.1. The van der Waals surface area contributed by atoms with Crippen molar-refractivity contribution in [3.63, 3.8) is 0 Å². The molecule has 1 aromatic rings. The van der Waals surface area contributed by atoms with E-state index in [2.05, 4.69) is 10.6 Å². The molecule has 1 aliphatic heterocycles. The van der Waals surface area contributed by atoms with Crippen LogP contribution in [-0.2, 0) is 4.79 Å². The van der Waals surface area contributed by atoms with E-state index >= 15 is 0 Å². The molecule has 1 amide bonds. The Bertz CT molecular complexity index is 347. The van der Waals surface area contributed by atoms with Gasteiger partial charge in [0.05, 0.1) is 0 Å². The highest BCUT2D eigenvalue weighted by Crippen LogP contribution is 2.14. The van der Waals surface area contributed by atoms with Crippen LogP contribution in [0.25, 0.3) is 0 Å². The molecular weight excluding hydrogens is 166 g/mol. The minimum Gasteiger partial charge on any atom is -0.341 e. The Labute approximate surface area is 75.5 Å². The Kier molecular flexibility index (Phi) is 1.73. The van der Waals surface area contributed by atoms with Gasteiger partial charge in [0.2, 0.25) is 0 Å². The molecule has 66 valence electrons. The van der Waals surface area contributed by atoms with Crippen LogP contribution in [0.3, 0.4) is 0 Å². The van der Waals surface area contributed by atoms with Crippen LogP contribution in [0.2, 0.25) is 0 Å². The van der Waals surface area contributed by atoms with Gasteiger partial charge < -0.3 is 5.32 Å². The van der Waals surface area contributed by atoms with Crippen LogP contribution in [0.1, 0.15) is 11.6 Å². The SMILES string of the molecule is N=C1NC(=O)C(c2ccccc2)N1. The van der Waals surface area contributed by atoms with Crippen LogP contribution in [0.4, 0.5) is 0 Å². The molecule has 0 aliphatic carbocycles. The van der Waals surface area contributed by atoms with E-state index in [9.17, 15) is 4.79 Å². The second kappa shape index (κ2) is 2.90. The first-order chi connectivity index (χ1) is 6.27. The predicted molar refractivity (Wildman–Crippen MR) is 48.2 cm³/mol. The summed E-state index contributed by atoms with van der Waals surface area (Å²) < 4.78 is 0. The number of amides is 1. The van der Waals surface area contributed by atoms with Crippen LogP contribution in [0.15, 0.2) is 30.3 Å². The van der Waals surface area contributed by atoms with Gasteiger partial charge >= 0.3 is 0 Å². The molecule has 0 saturated carbocycles. The largest absolute Gasteiger partial charge is 0.341 e. The molecule has 1 unspecified atom stereocenters. The molecule has 1 atom stereocenters. The molecule has 1 heterocycles. The van der Waals surface area contributed by atoms with Gasteiger partial charge in [-0.1, -0.05) is 30.3 Å². The summed E-state index contributed by atoms with van der Waals surface area (Å²) in [6.45, 7) is 0. The lowest BCUT2D eigenvalue weighted by Gasteiger charge is -2.06. The summed E-state index contributed by atoms with van der Waals surface area (Å²) in [6.07, 6.45) is 0.